The van der Waals surface area contributed by atoms with E-state index in [4.69, 9.17) is 4.74 Å². The van der Waals surface area contributed by atoms with Crippen molar-refractivity contribution in [2.24, 2.45) is 0 Å². The van der Waals surface area contributed by atoms with Gasteiger partial charge in [0.15, 0.2) is 0 Å². The summed E-state index contributed by atoms with van der Waals surface area (Å²) in [6.07, 6.45) is 3.60. The Bertz CT molecular complexity index is 550. The smallest absolute Gasteiger partial charge is 0.124 e. The van der Waals surface area contributed by atoms with Gasteiger partial charge in [0.2, 0.25) is 0 Å². The van der Waals surface area contributed by atoms with Crippen molar-refractivity contribution < 1.29 is 9.84 Å². The minimum atomic E-state index is -0.335. The van der Waals surface area contributed by atoms with E-state index in [0.717, 1.165) is 48.3 Å². The molecule has 0 saturated heterocycles. The predicted molar refractivity (Wildman–Crippen MR) is 69.7 cm³/mol. The number of hydrogen-bond acceptors (Lipinski definition) is 3. The Morgan fingerprint density at radius 3 is 3.00 bits per heavy atom. The third-order valence-electron chi connectivity index (χ3n) is 3.53. The van der Waals surface area contributed by atoms with Gasteiger partial charge >= 0.3 is 0 Å². The van der Waals surface area contributed by atoms with Crippen LogP contribution in [0.15, 0.2) is 18.2 Å². The molecule has 4 heteroatoms. The number of fused-ring (bicyclic) bond motifs is 1. The van der Waals surface area contributed by atoms with Crippen molar-refractivity contribution >= 4 is 11.0 Å². The first-order valence-electron chi connectivity index (χ1n) is 6.53. The van der Waals surface area contributed by atoms with Crippen LogP contribution < -0.4 is 4.74 Å². The topological polar surface area (TPSA) is 58.1 Å². The zero-order valence-electron chi connectivity index (χ0n) is 10.5. The molecule has 96 valence electrons. The number of rotatable bonds is 2. The van der Waals surface area contributed by atoms with E-state index in [9.17, 15) is 5.11 Å². The highest BCUT2D eigenvalue weighted by molar-refractivity contribution is 5.76. The Hall–Kier alpha value is -1.55. The monoisotopic (exact) mass is 246 g/mol. The Morgan fingerprint density at radius 2 is 2.17 bits per heavy atom. The van der Waals surface area contributed by atoms with Crippen molar-refractivity contribution in [2.45, 2.75) is 44.8 Å². The third-order valence-corrected chi connectivity index (χ3v) is 3.53. The molecule has 1 heterocycles. The zero-order valence-corrected chi connectivity index (χ0v) is 10.5. The van der Waals surface area contributed by atoms with E-state index in [-0.39, 0.29) is 12.2 Å². The maximum atomic E-state index is 9.90. The van der Waals surface area contributed by atoms with Gasteiger partial charge in [-0.3, -0.25) is 0 Å². The van der Waals surface area contributed by atoms with E-state index < -0.39 is 0 Å². The van der Waals surface area contributed by atoms with Crippen molar-refractivity contribution in [1.29, 1.82) is 0 Å². The summed E-state index contributed by atoms with van der Waals surface area (Å²) < 4.78 is 5.89. The molecule has 1 saturated carbocycles. The van der Waals surface area contributed by atoms with Crippen LogP contribution in [0.5, 0.6) is 5.75 Å². The molecule has 4 nitrogen and oxygen atoms in total. The molecule has 2 atom stereocenters. The van der Waals surface area contributed by atoms with Crippen LogP contribution in [-0.2, 0) is 0 Å². The Labute approximate surface area is 106 Å². The van der Waals surface area contributed by atoms with Gasteiger partial charge in [0, 0.05) is 6.07 Å². The number of hydrogen-bond donors (Lipinski definition) is 2. The molecular formula is C14H18N2O2. The molecule has 0 bridgehead atoms. The van der Waals surface area contributed by atoms with E-state index in [2.05, 4.69) is 9.97 Å². The Kier molecular flexibility index (Phi) is 2.96. The zero-order chi connectivity index (χ0) is 12.5. The van der Waals surface area contributed by atoms with Crippen LogP contribution in [-0.4, -0.2) is 27.3 Å². The molecule has 1 aliphatic rings. The molecule has 0 spiro atoms. The lowest BCUT2D eigenvalue weighted by Crippen LogP contribution is -2.34. The average molecular weight is 246 g/mol. The molecule has 0 radical (unpaired) electrons. The van der Waals surface area contributed by atoms with Gasteiger partial charge in [0.25, 0.3) is 0 Å². The van der Waals surface area contributed by atoms with E-state index in [0.29, 0.717) is 0 Å². The van der Waals surface area contributed by atoms with Crippen molar-refractivity contribution in [3.05, 3.63) is 24.0 Å². The van der Waals surface area contributed by atoms with Crippen LogP contribution in [0.1, 0.15) is 31.5 Å². The van der Waals surface area contributed by atoms with Crippen molar-refractivity contribution in [3.63, 3.8) is 0 Å². The van der Waals surface area contributed by atoms with Crippen LogP contribution in [0.2, 0.25) is 0 Å². The number of aliphatic hydroxyl groups is 1. The van der Waals surface area contributed by atoms with Crippen LogP contribution >= 0.6 is 0 Å². The lowest BCUT2D eigenvalue weighted by Gasteiger charge is -2.28. The molecule has 1 aromatic carbocycles. The summed E-state index contributed by atoms with van der Waals surface area (Å²) >= 11 is 0. The number of H-pyrrole nitrogens is 1. The van der Waals surface area contributed by atoms with Crippen LogP contribution in [0.3, 0.4) is 0 Å². The number of benzene rings is 1. The molecule has 1 aromatic heterocycles. The van der Waals surface area contributed by atoms with Gasteiger partial charge in [-0.2, -0.15) is 0 Å². The molecule has 18 heavy (non-hydrogen) atoms. The molecule has 2 unspecified atom stereocenters. The molecule has 0 aliphatic heterocycles. The van der Waals surface area contributed by atoms with Crippen LogP contribution in [0.25, 0.3) is 11.0 Å². The van der Waals surface area contributed by atoms with Crippen molar-refractivity contribution in [3.8, 4) is 5.75 Å². The summed E-state index contributed by atoms with van der Waals surface area (Å²) in [7, 11) is 0. The molecule has 1 fully saturated rings. The van der Waals surface area contributed by atoms with Crippen LogP contribution in [0, 0.1) is 6.92 Å². The fourth-order valence-electron chi connectivity index (χ4n) is 2.58. The third kappa shape index (κ3) is 2.20. The minimum absolute atomic E-state index is 0.0692. The lowest BCUT2D eigenvalue weighted by molar-refractivity contribution is 0.00694. The van der Waals surface area contributed by atoms with Gasteiger partial charge in [0.05, 0.1) is 17.1 Å². The molecule has 0 amide bonds. The number of aryl methyl sites for hydroxylation is 1. The standard InChI is InChI=1S/C14H18N2O2/c1-9-15-11-7-6-10(8-12(11)16-9)18-14-5-3-2-4-13(14)17/h6-8,13-14,17H,2-5H2,1H3,(H,15,16). The number of imidazole rings is 1. The van der Waals surface area contributed by atoms with Crippen LogP contribution in [0.4, 0.5) is 0 Å². The average Bonchev–Trinajstić information content (AvgIpc) is 2.71. The second-order valence-corrected chi connectivity index (χ2v) is 5.01. The van der Waals surface area contributed by atoms with Gasteiger partial charge in [-0.05, 0) is 38.3 Å². The second kappa shape index (κ2) is 4.61. The van der Waals surface area contributed by atoms with Gasteiger partial charge in [-0.1, -0.05) is 6.42 Å². The van der Waals surface area contributed by atoms with Crippen molar-refractivity contribution in [2.75, 3.05) is 0 Å². The number of aliphatic hydroxyl groups excluding tert-OH is 1. The fraction of sp³-hybridized carbons (Fsp3) is 0.500. The Balaban J connectivity index is 1.81. The molecule has 2 N–H and O–H groups in total. The molecule has 2 aromatic rings. The number of aromatic nitrogens is 2. The highest BCUT2D eigenvalue weighted by Gasteiger charge is 2.24. The van der Waals surface area contributed by atoms with E-state index >= 15 is 0 Å². The summed E-state index contributed by atoms with van der Waals surface area (Å²) in [5, 5.41) is 9.90. The summed E-state index contributed by atoms with van der Waals surface area (Å²) in [6, 6.07) is 5.82. The maximum Gasteiger partial charge on any atom is 0.124 e. The highest BCUT2D eigenvalue weighted by atomic mass is 16.5. The second-order valence-electron chi connectivity index (χ2n) is 5.01. The first-order chi connectivity index (χ1) is 8.72. The predicted octanol–water partition coefficient (Wildman–Crippen LogP) is 2.55. The fourth-order valence-corrected chi connectivity index (χ4v) is 2.58. The Morgan fingerprint density at radius 1 is 1.33 bits per heavy atom. The van der Waals surface area contributed by atoms with Gasteiger partial charge < -0.3 is 14.8 Å². The summed E-state index contributed by atoms with van der Waals surface area (Å²) in [4.78, 5) is 7.55. The van der Waals surface area contributed by atoms with Crippen molar-refractivity contribution in [1.82, 2.24) is 9.97 Å². The minimum Gasteiger partial charge on any atom is -0.488 e. The summed E-state index contributed by atoms with van der Waals surface area (Å²) in [6.45, 7) is 1.94. The number of nitrogens with zero attached hydrogens (tertiary/aromatic N) is 1. The molecule has 1 aliphatic carbocycles. The van der Waals surface area contributed by atoms with Gasteiger partial charge in [-0.15, -0.1) is 0 Å². The lowest BCUT2D eigenvalue weighted by atomic mass is 9.95. The first-order valence-corrected chi connectivity index (χ1v) is 6.53. The normalized spacial score (nSPS) is 24.3. The summed E-state index contributed by atoms with van der Waals surface area (Å²) in [5.74, 6) is 1.71. The molecule has 3 rings (SSSR count). The van der Waals surface area contributed by atoms with Gasteiger partial charge in [0.1, 0.15) is 17.7 Å². The molecular weight excluding hydrogens is 228 g/mol. The first kappa shape index (κ1) is 11.5. The number of ether oxygens (including phenoxy) is 1. The highest BCUT2D eigenvalue weighted by Crippen LogP contribution is 2.25. The SMILES string of the molecule is Cc1nc2ccc(OC3CCCCC3O)cc2[nH]1. The van der Waals surface area contributed by atoms with E-state index in [1.807, 2.05) is 25.1 Å². The van der Waals surface area contributed by atoms with Gasteiger partial charge in [-0.25, -0.2) is 4.98 Å². The van der Waals surface area contributed by atoms with E-state index in [1.54, 1.807) is 0 Å². The number of aromatic amines is 1. The summed E-state index contributed by atoms with van der Waals surface area (Å²) in [5.41, 5.74) is 1.93. The maximum absolute atomic E-state index is 9.90. The van der Waals surface area contributed by atoms with E-state index in [1.165, 1.54) is 0 Å². The largest absolute Gasteiger partial charge is 0.488 e. The number of nitrogens with one attached hydrogen (secondary N) is 1. The quantitative estimate of drug-likeness (QED) is 0.856.